The van der Waals surface area contributed by atoms with E-state index in [0.29, 0.717) is 24.9 Å². The lowest BCUT2D eigenvalue weighted by Gasteiger charge is -2.05. The zero-order valence-electron chi connectivity index (χ0n) is 11.2. The Morgan fingerprint density at radius 1 is 1.16 bits per heavy atom. The fraction of sp³-hybridized carbons (Fsp3) is 0.333. The summed E-state index contributed by atoms with van der Waals surface area (Å²) in [6, 6.07) is 12.1. The number of ether oxygens (including phenoxy) is 1. The molecule has 19 heavy (non-hydrogen) atoms. The smallest absolute Gasteiger partial charge is 0.156 e. The van der Waals surface area contributed by atoms with E-state index in [1.54, 1.807) is 6.07 Å². The zero-order chi connectivity index (χ0) is 13.5. The van der Waals surface area contributed by atoms with Crippen molar-refractivity contribution >= 4 is 5.82 Å². The molecule has 2 aromatic rings. The summed E-state index contributed by atoms with van der Waals surface area (Å²) in [4.78, 5) is 8.41. The summed E-state index contributed by atoms with van der Waals surface area (Å²) in [6.45, 7) is 3.02. The van der Waals surface area contributed by atoms with Crippen molar-refractivity contribution in [3.63, 3.8) is 0 Å². The van der Waals surface area contributed by atoms with E-state index in [1.165, 1.54) is 5.56 Å². The second-order valence-electron chi connectivity index (χ2n) is 4.49. The third-order valence-electron chi connectivity index (χ3n) is 2.75. The van der Waals surface area contributed by atoms with E-state index >= 15 is 0 Å². The molecule has 2 rings (SSSR count). The molecule has 1 aromatic heterocycles. The second-order valence-corrected chi connectivity index (χ2v) is 4.49. The average molecular weight is 257 g/mol. The van der Waals surface area contributed by atoms with E-state index < -0.39 is 0 Å². The van der Waals surface area contributed by atoms with Gasteiger partial charge in [-0.3, -0.25) is 0 Å². The molecular formula is C15H19N3O. The minimum Gasteiger partial charge on any atom is -0.384 e. The van der Waals surface area contributed by atoms with Crippen LogP contribution in [0.5, 0.6) is 0 Å². The van der Waals surface area contributed by atoms with Gasteiger partial charge in [-0.15, -0.1) is 0 Å². The van der Waals surface area contributed by atoms with Crippen molar-refractivity contribution in [3.8, 4) is 0 Å². The Morgan fingerprint density at radius 2 is 1.95 bits per heavy atom. The largest absolute Gasteiger partial charge is 0.384 e. The molecule has 1 heterocycles. The van der Waals surface area contributed by atoms with Crippen molar-refractivity contribution in [2.75, 3.05) is 12.3 Å². The molecule has 4 nitrogen and oxygen atoms in total. The van der Waals surface area contributed by atoms with Gasteiger partial charge in [-0.1, -0.05) is 30.3 Å². The lowest BCUT2D eigenvalue weighted by molar-refractivity contribution is 0.113. The molecule has 0 spiro atoms. The molecule has 0 amide bonds. The molecule has 0 unspecified atom stereocenters. The Hall–Kier alpha value is -1.94. The van der Waals surface area contributed by atoms with Gasteiger partial charge in [0.05, 0.1) is 0 Å². The number of aryl methyl sites for hydroxylation is 2. The van der Waals surface area contributed by atoms with Crippen molar-refractivity contribution in [1.29, 1.82) is 0 Å². The predicted octanol–water partition coefficient (Wildman–Crippen LogP) is 2.52. The molecule has 0 aliphatic heterocycles. The number of nitrogens with two attached hydrogens (primary N) is 1. The normalized spacial score (nSPS) is 10.6. The molecule has 2 N–H and O–H groups in total. The quantitative estimate of drug-likeness (QED) is 0.808. The highest BCUT2D eigenvalue weighted by molar-refractivity contribution is 5.28. The monoisotopic (exact) mass is 257 g/mol. The summed E-state index contributed by atoms with van der Waals surface area (Å²) in [5.74, 6) is 1.15. The van der Waals surface area contributed by atoms with Crippen LogP contribution in [0, 0.1) is 6.92 Å². The van der Waals surface area contributed by atoms with Crippen molar-refractivity contribution in [3.05, 3.63) is 53.5 Å². The van der Waals surface area contributed by atoms with Crippen LogP contribution >= 0.6 is 0 Å². The van der Waals surface area contributed by atoms with Crippen molar-refractivity contribution in [2.45, 2.75) is 26.4 Å². The first-order valence-electron chi connectivity index (χ1n) is 6.46. The van der Waals surface area contributed by atoms with Crippen LogP contribution in [-0.2, 0) is 17.8 Å². The molecule has 1 aromatic carbocycles. The van der Waals surface area contributed by atoms with Crippen LogP contribution in [0.15, 0.2) is 36.4 Å². The van der Waals surface area contributed by atoms with Gasteiger partial charge < -0.3 is 10.5 Å². The second kappa shape index (κ2) is 6.85. The zero-order valence-corrected chi connectivity index (χ0v) is 11.2. The number of anilines is 1. The summed E-state index contributed by atoms with van der Waals surface area (Å²) in [5, 5.41) is 0. The Labute approximate surface area is 113 Å². The molecule has 100 valence electrons. The van der Waals surface area contributed by atoms with E-state index in [-0.39, 0.29) is 0 Å². The molecule has 4 heteroatoms. The van der Waals surface area contributed by atoms with Crippen LogP contribution in [0.3, 0.4) is 0 Å². The summed E-state index contributed by atoms with van der Waals surface area (Å²) in [6.07, 6.45) is 2.02. The van der Waals surface area contributed by atoms with Gasteiger partial charge in [0.2, 0.25) is 0 Å². The Kier molecular flexibility index (Phi) is 4.86. The van der Waals surface area contributed by atoms with E-state index in [4.69, 9.17) is 10.5 Å². The lowest BCUT2D eigenvalue weighted by Crippen LogP contribution is -2.04. The molecule has 0 saturated heterocycles. The first kappa shape index (κ1) is 13.5. The molecule has 0 bridgehead atoms. The maximum absolute atomic E-state index is 5.66. The van der Waals surface area contributed by atoms with Crippen molar-refractivity contribution < 1.29 is 4.74 Å². The highest BCUT2D eigenvalue weighted by Crippen LogP contribution is 2.05. The standard InChI is InChI=1S/C15H19N3O/c1-12-10-14(16)18-15(17-12)11-19-9-5-8-13-6-3-2-4-7-13/h2-4,6-7,10H,5,8-9,11H2,1H3,(H2,16,17,18). The van der Waals surface area contributed by atoms with Crippen LogP contribution < -0.4 is 5.73 Å². The third kappa shape index (κ3) is 4.67. The number of nitrogens with zero attached hydrogens (tertiary/aromatic N) is 2. The summed E-state index contributed by atoms with van der Waals surface area (Å²) in [7, 11) is 0. The van der Waals surface area contributed by atoms with Gasteiger partial charge >= 0.3 is 0 Å². The predicted molar refractivity (Wildman–Crippen MR) is 75.6 cm³/mol. The maximum Gasteiger partial charge on any atom is 0.156 e. The molecular weight excluding hydrogens is 238 g/mol. The van der Waals surface area contributed by atoms with Crippen LogP contribution in [0.4, 0.5) is 5.82 Å². The molecule has 0 saturated carbocycles. The first-order valence-corrected chi connectivity index (χ1v) is 6.46. The summed E-state index contributed by atoms with van der Waals surface area (Å²) >= 11 is 0. The maximum atomic E-state index is 5.66. The highest BCUT2D eigenvalue weighted by atomic mass is 16.5. The van der Waals surface area contributed by atoms with Gasteiger partial charge in [-0.2, -0.15) is 0 Å². The average Bonchev–Trinajstić information content (AvgIpc) is 2.38. The van der Waals surface area contributed by atoms with E-state index in [2.05, 4.69) is 34.2 Å². The van der Waals surface area contributed by atoms with Gasteiger partial charge in [0.1, 0.15) is 12.4 Å². The molecule has 0 aliphatic carbocycles. The topological polar surface area (TPSA) is 61.0 Å². The van der Waals surface area contributed by atoms with Gasteiger partial charge in [0.15, 0.2) is 5.82 Å². The van der Waals surface area contributed by atoms with E-state index in [1.807, 2.05) is 13.0 Å². The number of nitrogen functional groups attached to an aromatic ring is 1. The van der Waals surface area contributed by atoms with Crippen molar-refractivity contribution in [2.24, 2.45) is 0 Å². The molecule has 0 aliphatic rings. The van der Waals surface area contributed by atoms with Crippen LogP contribution in [0.1, 0.15) is 23.5 Å². The minimum atomic E-state index is 0.417. The molecule has 0 fully saturated rings. The van der Waals surface area contributed by atoms with Gasteiger partial charge in [0.25, 0.3) is 0 Å². The molecule has 0 atom stereocenters. The van der Waals surface area contributed by atoms with Gasteiger partial charge in [0, 0.05) is 18.4 Å². The SMILES string of the molecule is Cc1cc(N)nc(COCCCc2ccccc2)n1. The van der Waals surface area contributed by atoms with Gasteiger partial charge in [-0.05, 0) is 25.3 Å². The van der Waals surface area contributed by atoms with E-state index in [9.17, 15) is 0 Å². The number of benzene rings is 1. The molecule has 0 radical (unpaired) electrons. The fourth-order valence-corrected chi connectivity index (χ4v) is 1.91. The summed E-state index contributed by atoms with van der Waals surface area (Å²) < 4.78 is 5.57. The number of rotatable bonds is 6. The third-order valence-corrected chi connectivity index (χ3v) is 2.75. The summed E-state index contributed by atoms with van der Waals surface area (Å²) in [5.41, 5.74) is 7.87. The Bertz CT molecular complexity index is 494. The Balaban J connectivity index is 1.69. The highest BCUT2D eigenvalue weighted by Gasteiger charge is 2.00. The number of aromatic nitrogens is 2. The van der Waals surface area contributed by atoms with Gasteiger partial charge in [-0.25, -0.2) is 9.97 Å². The van der Waals surface area contributed by atoms with E-state index in [0.717, 1.165) is 18.5 Å². The fourth-order valence-electron chi connectivity index (χ4n) is 1.91. The minimum absolute atomic E-state index is 0.417. The Morgan fingerprint density at radius 3 is 2.68 bits per heavy atom. The van der Waals surface area contributed by atoms with Crippen molar-refractivity contribution in [1.82, 2.24) is 9.97 Å². The van der Waals surface area contributed by atoms with Crippen LogP contribution in [0.2, 0.25) is 0 Å². The number of hydrogen-bond donors (Lipinski definition) is 1. The van der Waals surface area contributed by atoms with Crippen LogP contribution in [0.25, 0.3) is 0 Å². The first-order chi connectivity index (χ1) is 9.24. The lowest BCUT2D eigenvalue weighted by atomic mass is 10.1. The van der Waals surface area contributed by atoms with Crippen LogP contribution in [-0.4, -0.2) is 16.6 Å². The number of hydrogen-bond acceptors (Lipinski definition) is 4.